The number of carbonyl (C=O) groups is 1. The lowest BCUT2D eigenvalue weighted by Crippen LogP contribution is -2.37. The highest BCUT2D eigenvalue weighted by Crippen LogP contribution is 2.49. The van der Waals surface area contributed by atoms with Crippen LogP contribution in [0.2, 0.25) is 5.02 Å². The number of nitrogens with zero attached hydrogens (tertiary/aromatic N) is 2. The van der Waals surface area contributed by atoms with E-state index in [4.69, 9.17) is 11.6 Å². The van der Waals surface area contributed by atoms with E-state index >= 15 is 0 Å². The maximum Gasteiger partial charge on any atom is 0.255 e. The van der Waals surface area contributed by atoms with E-state index in [0.29, 0.717) is 11.5 Å². The summed E-state index contributed by atoms with van der Waals surface area (Å²) in [7, 11) is 0. The molecule has 2 atom stereocenters. The van der Waals surface area contributed by atoms with Crippen molar-refractivity contribution in [2.45, 2.75) is 24.8 Å². The molecule has 0 unspecified atom stereocenters. The van der Waals surface area contributed by atoms with Crippen LogP contribution in [0.5, 0.6) is 0 Å². The van der Waals surface area contributed by atoms with Crippen molar-refractivity contribution in [3.8, 4) is 0 Å². The number of pyridine rings is 1. The number of rotatable bonds is 1. The zero-order chi connectivity index (χ0) is 14.4. The number of hydrogen-bond donors (Lipinski definition) is 0. The normalized spacial score (nSPS) is 23.0. The fourth-order valence-electron chi connectivity index (χ4n) is 3.64. The number of benzene rings is 1. The molecule has 0 saturated carbocycles. The zero-order valence-corrected chi connectivity index (χ0v) is 12.3. The van der Waals surface area contributed by atoms with Crippen LogP contribution in [0.1, 0.15) is 46.3 Å². The van der Waals surface area contributed by atoms with Crippen LogP contribution < -0.4 is 0 Å². The molecule has 1 saturated heterocycles. The molecule has 1 fully saturated rings. The molecule has 0 spiro atoms. The molecule has 2 aliphatic rings. The van der Waals surface area contributed by atoms with Crippen molar-refractivity contribution in [1.29, 1.82) is 0 Å². The van der Waals surface area contributed by atoms with Gasteiger partial charge in [-0.3, -0.25) is 9.78 Å². The van der Waals surface area contributed by atoms with Crippen LogP contribution in [0.15, 0.2) is 42.7 Å². The second-order valence-electron chi connectivity index (χ2n) is 5.75. The maximum absolute atomic E-state index is 12.7. The van der Waals surface area contributed by atoms with E-state index in [1.54, 1.807) is 12.4 Å². The molecule has 4 rings (SSSR count). The van der Waals surface area contributed by atoms with Crippen molar-refractivity contribution < 1.29 is 4.79 Å². The largest absolute Gasteiger partial charge is 0.332 e. The molecule has 3 nitrogen and oxygen atoms in total. The molecule has 1 aromatic carbocycles. The van der Waals surface area contributed by atoms with Crippen LogP contribution >= 0.6 is 11.6 Å². The van der Waals surface area contributed by atoms with E-state index in [1.807, 2.05) is 23.1 Å². The van der Waals surface area contributed by atoms with Crippen LogP contribution in [0.3, 0.4) is 0 Å². The summed E-state index contributed by atoms with van der Waals surface area (Å²) < 4.78 is 0. The predicted octanol–water partition coefficient (Wildman–Crippen LogP) is 3.81. The molecule has 2 heterocycles. The number of fused-ring (bicyclic) bond motifs is 5. The first-order valence-electron chi connectivity index (χ1n) is 7.24. The van der Waals surface area contributed by atoms with Gasteiger partial charge in [-0.05, 0) is 54.2 Å². The molecule has 1 aliphatic heterocycles. The summed E-state index contributed by atoms with van der Waals surface area (Å²) in [6.45, 7) is 0.801. The topological polar surface area (TPSA) is 33.2 Å². The van der Waals surface area contributed by atoms with Crippen molar-refractivity contribution in [3.63, 3.8) is 0 Å². The van der Waals surface area contributed by atoms with Gasteiger partial charge >= 0.3 is 0 Å². The van der Waals surface area contributed by atoms with Crippen LogP contribution in [0.4, 0.5) is 0 Å². The van der Waals surface area contributed by atoms with Crippen molar-refractivity contribution >= 4 is 17.5 Å². The standard InChI is InChI=1S/C17H15ClN2O/c18-13-3-4-14-15(9-13)11-5-7-20(16(14)8-11)17(21)12-2-1-6-19-10-12/h1-4,6,9-11,16H,5,7-8H2/t11-,16-/m1/s1. The van der Waals surface area contributed by atoms with Gasteiger partial charge in [-0.15, -0.1) is 0 Å². The second kappa shape index (κ2) is 4.85. The van der Waals surface area contributed by atoms with Crippen LogP contribution in [0, 0.1) is 0 Å². The number of amides is 1. The molecular weight excluding hydrogens is 284 g/mol. The molecule has 1 aliphatic carbocycles. The number of aromatic nitrogens is 1. The summed E-state index contributed by atoms with van der Waals surface area (Å²) in [5.74, 6) is 0.621. The Morgan fingerprint density at radius 1 is 1.29 bits per heavy atom. The van der Waals surface area contributed by atoms with E-state index in [2.05, 4.69) is 17.1 Å². The lowest BCUT2D eigenvalue weighted by atomic mass is 9.95. The summed E-state index contributed by atoms with van der Waals surface area (Å²) >= 11 is 6.12. The molecule has 106 valence electrons. The molecule has 0 N–H and O–H groups in total. The molecular formula is C17H15ClN2O. The van der Waals surface area contributed by atoms with Gasteiger partial charge in [0.2, 0.25) is 0 Å². The minimum Gasteiger partial charge on any atom is -0.332 e. The molecule has 4 heteroatoms. The van der Waals surface area contributed by atoms with E-state index in [1.165, 1.54) is 11.1 Å². The molecule has 21 heavy (non-hydrogen) atoms. The summed E-state index contributed by atoms with van der Waals surface area (Å²) in [5, 5.41) is 0.784. The fraction of sp³-hybridized carbons (Fsp3) is 0.294. The van der Waals surface area contributed by atoms with Gasteiger partial charge in [-0.1, -0.05) is 17.7 Å². The Labute approximate surface area is 128 Å². The number of hydrogen-bond acceptors (Lipinski definition) is 2. The Morgan fingerprint density at radius 2 is 2.19 bits per heavy atom. The lowest BCUT2D eigenvalue weighted by Gasteiger charge is -2.33. The van der Waals surface area contributed by atoms with Crippen LogP contribution in [0.25, 0.3) is 0 Å². The van der Waals surface area contributed by atoms with Gasteiger partial charge in [0.1, 0.15) is 0 Å². The van der Waals surface area contributed by atoms with Gasteiger partial charge in [0.15, 0.2) is 0 Å². The Morgan fingerprint density at radius 3 is 3.00 bits per heavy atom. The molecule has 2 bridgehead atoms. The SMILES string of the molecule is O=C(c1cccnc1)N1CC[C@@H]2C[C@@H]1c1ccc(Cl)cc12. The summed E-state index contributed by atoms with van der Waals surface area (Å²) in [6.07, 6.45) is 5.36. The van der Waals surface area contributed by atoms with Crippen molar-refractivity contribution in [3.05, 3.63) is 64.4 Å². The van der Waals surface area contributed by atoms with Crippen LogP contribution in [-0.2, 0) is 0 Å². The summed E-state index contributed by atoms with van der Waals surface area (Å²) in [6, 6.07) is 9.90. The highest BCUT2D eigenvalue weighted by Gasteiger charge is 2.40. The van der Waals surface area contributed by atoms with E-state index in [0.717, 1.165) is 24.4 Å². The van der Waals surface area contributed by atoms with Gasteiger partial charge in [0, 0.05) is 24.0 Å². The lowest BCUT2D eigenvalue weighted by molar-refractivity contribution is 0.0620. The van der Waals surface area contributed by atoms with Gasteiger partial charge < -0.3 is 4.90 Å². The van der Waals surface area contributed by atoms with E-state index < -0.39 is 0 Å². The minimum absolute atomic E-state index is 0.0781. The first-order chi connectivity index (χ1) is 10.2. The first-order valence-corrected chi connectivity index (χ1v) is 7.62. The van der Waals surface area contributed by atoms with Gasteiger partial charge in [0.25, 0.3) is 5.91 Å². The van der Waals surface area contributed by atoms with Crippen molar-refractivity contribution in [1.82, 2.24) is 9.88 Å². The Bertz CT molecular complexity index is 701. The van der Waals surface area contributed by atoms with Gasteiger partial charge in [0.05, 0.1) is 11.6 Å². The molecule has 2 aromatic rings. The highest BCUT2D eigenvalue weighted by atomic mass is 35.5. The minimum atomic E-state index is 0.0781. The number of carbonyl (C=O) groups excluding carboxylic acids is 1. The Hall–Kier alpha value is -1.87. The highest BCUT2D eigenvalue weighted by molar-refractivity contribution is 6.30. The number of piperidine rings is 1. The zero-order valence-electron chi connectivity index (χ0n) is 11.5. The van der Waals surface area contributed by atoms with Crippen molar-refractivity contribution in [2.24, 2.45) is 0 Å². The van der Waals surface area contributed by atoms with Gasteiger partial charge in [-0.25, -0.2) is 0 Å². The molecule has 1 amide bonds. The third-order valence-electron chi connectivity index (χ3n) is 4.62. The van der Waals surface area contributed by atoms with E-state index in [-0.39, 0.29) is 11.9 Å². The number of likely N-dealkylation sites (tertiary alicyclic amines) is 1. The number of halogens is 1. The average molecular weight is 299 g/mol. The molecule has 1 aromatic heterocycles. The van der Waals surface area contributed by atoms with Crippen molar-refractivity contribution in [2.75, 3.05) is 6.54 Å². The smallest absolute Gasteiger partial charge is 0.255 e. The monoisotopic (exact) mass is 298 g/mol. The maximum atomic E-state index is 12.7. The Balaban J connectivity index is 1.70. The summed E-state index contributed by atoms with van der Waals surface area (Å²) in [5.41, 5.74) is 3.26. The Kier molecular flexibility index (Phi) is 2.96. The van der Waals surface area contributed by atoms with E-state index in [9.17, 15) is 4.79 Å². The van der Waals surface area contributed by atoms with Gasteiger partial charge in [-0.2, -0.15) is 0 Å². The average Bonchev–Trinajstić information content (AvgIpc) is 2.80. The quantitative estimate of drug-likeness (QED) is 0.802. The summed E-state index contributed by atoms with van der Waals surface area (Å²) in [4.78, 5) is 18.8. The predicted molar refractivity (Wildman–Crippen MR) is 81.4 cm³/mol. The third-order valence-corrected chi connectivity index (χ3v) is 4.85. The second-order valence-corrected chi connectivity index (χ2v) is 6.19. The molecule has 0 radical (unpaired) electrons. The fourth-order valence-corrected chi connectivity index (χ4v) is 3.82. The first kappa shape index (κ1) is 12.8. The third kappa shape index (κ3) is 2.04. The van der Waals surface area contributed by atoms with Crippen LogP contribution in [-0.4, -0.2) is 22.3 Å².